The van der Waals surface area contributed by atoms with Crippen molar-refractivity contribution in [3.63, 3.8) is 0 Å². The SMILES string of the molecule is C[C@H](O)c1ccccc1NC(=O)c1cnn(-c2ccc(F)cc2)n1. The molecule has 0 radical (unpaired) electrons. The lowest BCUT2D eigenvalue weighted by Crippen LogP contribution is -2.15. The number of aliphatic hydroxyl groups excluding tert-OH is 1. The highest BCUT2D eigenvalue weighted by Gasteiger charge is 2.15. The molecule has 0 spiro atoms. The van der Waals surface area contributed by atoms with E-state index in [0.29, 0.717) is 16.9 Å². The lowest BCUT2D eigenvalue weighted by Gasteiger charge is -2.11. The van der Waals surface area contributed by atoms with Crippen LogP contribution in [0.15, 0.2) is 54.7 Å². The van der Waals surface area contributed by atoms with E-state index in [0.717, 1.165) is 0 Å². The smallest absolute Gasteiger partial charge is 0.277 e. The Morgan fingerprint density at radius 3 is 2.62 bits per heavy atom. The fraction of sp³-hybridized carbons (Fsp3) is 0.118. The van der Waals surface area contributed by atoms with Gasteiger partial charge in [-0.25, -0.2) is 4.39 Å². The van der Waals surface area contributed by atoms with Crippen LogP contribution in [0.5, 0.6) is 0 Å². The fourth-order valence-electron chi connectivity index (χ4n) is 2.23. The molecule has 1 amide bonds. The van der Waals surface area contributed by atoms with Crippen LogP contribution in [0.1, 0.15) is 29.1 Å². The van der Waals surface area contributed by atoms with E-state index in [-0.39, 0.29) is 11.5 Å². The second-order valence-electron chi connectivity index (χ2n) is 5.21. The van der Waals surface area contributed by atoms with Crippen LogP contribution in [0.4, 0.5) is 10.1 Å². The Morgan fingerprint density at radius 1 is 1.21 bits per heavy atom. The molecule has 122 valence electrons. The molecule has 2 aromatic carbocycles. The summed E-state index contributed by atoms with van der Waals surface area (Å²) in [5, 5.41) is 20.6. The van der Waals surface area contributed by atoms with Crippen molar-refractivity contribution in [2.24, 2.45) is 0 Å². The standard InChI is InChI=1S/C17H15FN4O2/c1-11(23)14-4-2-3-5-15(14)20-17(24)16-10-19-22(21-16)13-8-6-12(18)7-9-13/h2-11,23H,1H3,(H,20,24)/t11-/m0/s1. The topological polar surface area (TPSA) is 80.0 Å². The third-order valence-corrected chi connectivity index (χ3v) is 3.44. The molecule has 0 bridgehead atoms. The number of benzene rings is 2. The molecule has 1 aromatic heterocycles. The molecule has 0 fully saturated rings. The Kier molecular flexibility index (Phi) is 4.35. The van der Waals surface area contributed by atoms with Gasteiger partial charge in [0.15, 0.2) is 5.69 Å². The van der Waals surface area contributed by atoms with Crippen molar-refractivity contribution < 1.29 is 14.3 Å². The van der Waals surface area contributed by atoms with Crippen LogP contribution in [0, 0.1) is 5.82 Å². The zero-order valence-electron chi connectivity index (χ0n) is 12.8. The van der Waals surface area contributed by atoms with Gasteiger partial charge in [0.1, 0.15) is 5.82 Å². The predicted molar refractivity (Wildman–Crippen MR) is 86.3 cm³/mol. The predicted octanol–water partition coefficient (Wildman–Crippen LogP) is 2.71. The number of carbonyl (C=O) groups is 1. The van der Waals surface area contributed by atoms with E-state index in [1.807, 2.05) is 0 Å². The van der Waals surface area contributed by atoms with Crippen LogP contribution in [0.3, 0.4) is 0 Å². The zero-order chi connectivity index (χ0) is 17.1. The van der Waals surface area contributed by atoms with Gasteiger partial charge in [0.25, 0.3) is 5.91 Å². The fourth-order valence-corrected chi connectivity index (χ4v) is 2.23. The first kappa shape index (κ1) is 15.8. The summed E-state index contributed by atoms with van der Waals surface area (Å²) in [7, 11) is 0. The summed E-state index contributed by atoms with van der Waals surface area (Å²) in [6.07, 6.45) is 0.611. The maximum Gasteiger partial charge on any atom is 0.277 e. The number of carbonyl (C=O) groups excluding carboxylic acids is 1. The van der Waals surface area contributed by atoms with E-state index >= 15 is 0 Å². The lowest BCUT2D eigenvalue weighted by atomic mass is 10.1. The van der Waals surface area contributed by atoms with Crippen LogP contribution in [0.25, 0.3) is 5.69 Å². The molecular weight excluding hydrogens is 311 g/mol. The van der Waals surface area contributed by atoms with Gasteiger partial charge in [-0.15, -0.1) is 5.10 Å². The van der Waals surface area contributed by atoms with Gasteiger partial charge in [-0.2, -0.15) is 9.90 Å². The van der Waals surface area contributed by atoms with Gasteiger partial charge in [0.2, 0.25) is 0 Å². The number of nitrogens with zero attached hydrogens (tertiary/aromatic N) is 3. The van der Waals surface area contributed by atoms with Gasteiger partial charge < -0.3 is 10.4 Å². The number of amides is 1. The van der Waals surface area contributed by atoms with Gasteiger partial charge >= 0.3 is 0 Å². The van der Waals surface area contributed by atoms with Crippen molar-refractivity contribution in [3.05, 3.63) is 71.8 Å². The van der Waals surface area contributed by atoms with Crippen LogP contribution >= 0.6 is 0 Å². The minimum Gasteiger partial charge on any atom is -0.389 e. The second-order valence-corrected chi connectivity index (χ2v) is 5.21. The normalized spacial score (nSPS) is 12.0. The average Bonchev–Trinajstić information content (AvgIpc) is 3.06. The van der Waals surface area contributed by atoms with Gasteiger partial charge in [0.05, 0.1) is 18.0 Å². The number of nitrogens with one attached hydrogen (secondary N) is 1. The summed E-state index contributed by atoms with van der Waals surface area (Å²) in [5.74, 6) is -0.810. The third-order valence-electron chi connectivity index (χ3n) is 3.44. The van der Waals surface area contributed by atoms with Crippen LogP contribution in [-0.2, 0) is 0 Å². The molecule has 1 atom stereocenters. The van der Waals surface area contributed by atoms with Crippen molar-refractivity contribution in [3.8, 4) is 5.69 Å². The first-order valence-electron chi connectivity index (χ1n) is 7.31. The highest BCUT2D eigenvalue weighted by atomic mass is 19.1. The maximum atomic E-state index is 12.9. The van der Waals surface area contributed by atoms with Crippen molar-refractivity contribution in [2.75, 3.05) is 5.32 Å². The molecule has 0 saturated carbocycles. The minimum absolute atomic E-state index is 0.111. The summed E-state index contributed by atoms with van der Waals surface area (Å²) < 4.78 is 12.9. The molecule has 0 aliphatic rings. The Labute approximate surface area is 137 Å². The molecule has 24 heavy (non-hydrogen) atoms. The number of hydrogen-bond acceptors (Lipinski definition) is 4. The van der Waals surface area contributed by atoms with E-state index in [9.17, 15) is 14.3 Å². The Bertz CT molecular complexity index is 859. The van der Waals surface area contributed by atoms with E-state index in [2.05, 4.69) is 15.5 Å². The van der Waals surface area contributed by atoms with Crippen molar-refractivity contribution >= 4 is 11.6 Å². The number of hydrogen-bond donors (Lipinski definition) is 2. The first-order chi connectivity index (χ1) is 11.5. The summed E-state index contributed by atoms with van der Waals surface area (Å²) in [4.78, 5) is 13.6. The van der Waals surface area contributed by atoms with Crippen molar-refractivity contribution in [2.45, 2.75) is 13.0 Å². The van der Waals surface area contributed by atoms with Gasteiger partial charge in [-0.05, 0) is 37.3 Å². The Hall–Kier alpha value is -3.06. The summed E-state index contributed by atoms with van der Waals surface area (Å²) in [6.45, 7) is 1.62. The first-order valence-corrected chi connectivity index (χ1v) is 7.31. The Morgan fingerprint density at radius 2 is 1.92 bits per heavy atom. The number of aliphatic hydroxyl groups is 1. The molecule has 7 heteroatoms. The quantitative estimate of drug-likeness (QED) is 0.772. The molecule has 0 aliphatic carbocycles. The second kappa shape index (κ2) is 6.59. The van der Waals surface area contributed by atoms with E-state index in [1.54, 1.807) is 31.2 Å². The number of para-hydroxylation sites is 1. The molecule has 2 N–H and O–H groups in total. The highest BCUT2D eigenvalue weighted by molar-refractivity contribution is 6.03. The number of rotatable bonds is 4. The molecule has 3 aromatic rings. The molecule has 3 rings (SSSR count). The van der Waals surface area contributed by atoms with E-state index in [4.69, 9.17) is 0 Å². The van der Waals surface area contributed by atoms with E-state index < -0.39 is 12.0 Å². The van der Waals surface area contributed by atoms with Gasteiger partial charge in [-0.1, -0.05) is 18.2 Å². The number of anilines is 1. The van der Waals surface area contributed by atoms with Crippen LogP contribution in [0.2, 0.25) is 0 Å². The zero-order valence-corrected chi connectivity index (χ0v) is 12.8. The van der Waals surface area contributed by atoms with Crippen LogP contribution < -0.4 is 5.32 Å². The molecule has 6 nitrogen and oxygen atoms in total. The average molecular weight is 326 g/mol. The highest BCUT2D eigenvalue weighted by Crippen LogP contribution is 2.22. The van der Waals surface area contributed by atoms with Gasteiger partial charge in [-0.3, -0.25) is 4.79 Å². The molecular formula is C17H15FN4O2. The summed E-state index contributed by atoms with van der Waals surface area (Å²) in [5.41, 5.74) is 1.77. The van der Waals surface area contributed by atoms with E-state index in [1.165, 1.54) is 35.3 Å². The maximum absolute atomic E-state index is 12.9. The number of aromatic nitrogens is 3. The van der Waals surface area contributed by atoms with Crippen molar-refractivity contribution in [1.29, 1.82) is 0 Å². The summed E-state index contributed by atoms with van der Waals surface area (Å²) >= 11 is 0. The van der Waals surface area contributed by atoms with Crippen LogP contribution in [-0.4, -0.2) is 26.0 Å². The molecule has 0 unspecified atom stereocenters. The minimum atomic E-state index is -0.712. The molecule has 1 heterocycles. The van der Waals surface area contributed by atoms with Crippen molar-refractivity contribution in [1.82, 2.24) is 15.0 Å². The third kappa shape index (κ3) is 3.31. The van der Waals surface area contributed by atoms with Gasteiger partial charge in [0, 0.05) is 11.3 Å². The monoisotopic (exact) mass is 326 g/mol. The number of halogens is 1. The Balaban J connectivity index is 1.81. The lowest BCUT2D eigenvalue weighted by molar-refractivity contribution is 0.102. The molecule has 0 aliphatic heterocycles. The largest absolute Gasteiger partial charge is 0.389 e. The molecule has 0 saturated heterocycles. The summed E-state index contributed by atoms with van der Waals surface area (Å²) in [6, 6.07) is 12.6.